The van der Waals surface area contributed by atoms with Crippen LogP contribution in [0, 0.1) is 0 Å². The van der Waals surface area contributed by atoms with E-state index >= 15 is 0 Å². The second-order valence-corrected chi connectivity index (χ2v) is 39.9. The number of nitrogens with zero attached hydrogens (tertiary/aromatic N) is 15. The number of rotatable bonds is 0. The molecule has 0 fully saturated rings. The van der Waals surface area contributed by atoms with Gasteiger partial charge in [0.25, 0.3) is 0 Å². The third-order valence-corrected chi connectivity index (χ3v) is 18.0. The largest absolute Gasteiger partial charge is 0.342 e. The summed E-state index contributed by atoms with van der Waals surface area (Å²) in [7, 11) is 0. The van der Waals surface area contributed by atoms with Crippen LogP contribution in [0.1, 0.15) is 283 Å². The average Bonchev–Trinajstić information content (AvgIpc) is 1.64. The first kappa shape index (κ1) is 81.2. The Morgan fingerprint density at radius 3 is 1.13 bits per heavy atom. The quantitative estimate of drug-likeness (QED) is 0.145. The minimum Gasteiger partial charge on any atom is -0.342 e. The van der Waals surface area contributed by atoms with Crippen LogP contribution in [0.15, 0.2) is 129 Å². The maximum absolute atomic E-state index is 4.61. The molecule has 8 heterocycles. The fraction of sp³-hybridized carbons (Fsp3) is 0.552. The SMILES string of the molecule is CC(C)(C)c1cccc2c1ccn2C(C)(C)C.CC(C)(C)c1cccc2c1cnn2C(C)(C)C.CC(C)(C)c1cccc2c1ncn2C(C)(C)C.CC(C)(C)c1cccc2c1nnn2C(C)(C)C.CC(C)(C)c1ccnc2c1cnn2C(C)(C)C.CC(C)(C)c1ncnc2c1cnn2C(C)(C)C. The Hall–Kier alpha value is -8.07. The Morgan fingerprint density at radius 2 is 0.667 bits per heavy atom. The van der Waals surface area contributed by atoms with Gasteiger partial charge in [0, 0.05) is 50.6 Å². The van der Waals surface area contributed by atoms with Gasteiger partial charge in [-0.1, -0.05) is 178 Å². The maximum Gasteiger partial charge on any atom is 0.161 e. The van der Waals surface area contributed by atoms with E-state index in [4.69, 9.17) is 0 Å². The predicted molar refractivity (Wildman–Crippen MR) is 434 cm³/mol. The molecule has 0 aliphatic rings. The van der Waals surface area contributed by atoms with Crippen molar-refractivity contribution in [3.63, 3.8) is 0 Å². The summed E-state index contributed by atoms with van der Waals surface area (Å²) >= 11 is 0. The van der Waals surface area contributed by atoms with Gasteiger partial charge in [0.2, 0.25) is 0 Å². The van der Waals surface area contributed by atoms with Gasteiger partial charge >= 0.3 is 0 Å². The molecular weight excluding hydrogens is 1260 g/mol. The Labute approximate surface area is 613 Å². The molecule has 15 nitrogen and oxygen atoms in total. The summed E-state index contributed by atoms with van der Waals surface area (Å²) in [4.78, 5) is 17.9. The van der Waals surface area contributed by atoms with Crippen LogP contribution >= 0.6 is 0 Å². The van der Waals surface area contributed by atoms with Crippen molar-refractivity contribution in [2.24, 2.45) is 0 Å². The molecule has 0 saturated carbocycles. The minimum atomic E-state index is -0.0642. The lowest BCUT2D eigenvalue weighted by Gasteiger charge is -2.24. The van der Waals surface area contributed by atoms with Crippen LogP contribution in [0.5, 0.6) is 0 Å². The highest BCUT2D eigenvalue weighted by Crippen LogP contribution is 2.38. The highest BCUT2D eigenvalue weighted by atomic mass is 15.4. The second-order valence-electron chi connectivity index (χ2n) is 39.9. The van der Waals surface area contributed by atoms with Crippen molar-refractivity contribution >= 4 is 65.9 Å². The van der Waals surface area contributed by atoms with Crippen molar-refractivity contribution in [3.05, 3.63) is 162 Å². The van der Waals surface area contributed by atoms with E-state index in [9.17, 15) is 0 Å². The number of imidazole rings is 1. The van der Waals surface area contributed by atoms with Gasteiger partial charge in [0.15, 0.2) is 11.3 Å². The van der Waals surface area contributed by atoms with Crippen molar-refractivity contribution in [2.45, 2.75) is 315 Å². The Balaban J connectivity index is 0.000000172. The Morgan fingerprint density at radius 1 is 0.275 bits per heavy atom. The Bertz CT molecular complexity index is 4020. The van der Waals surface area contributed by atoms with Crippen LogP contribution in [-0.2, 0) is 65.7 Å². The number of fused-ring (bicyclic) bond motifs is 6. The van der Waals surface area contributed by atoms with Gasteiger partial charge in [-0.2, -0.15) is 15.3 Å². The normalized spacial score (nSPS) is 13.3. The van der Waals surface area contributed by atoms with Crippen LogP contribution in [0.3, 0.4) is 0 Å². The first-order chi connectivity index (χ1) is 46.3. The summed E-state index contributed by atoms with van der Waals surface area (Å²) in [6.45, 7) is 79.1. The summed E-state index contributed by atoms with van der Waals surface area (Å²) in [5.41, 5.74) is 17.5. The molecule has 0 aliphatic heterocycles. The van der Waals surface area contributed by atoms with Crippen LogP contribution < -0.4 is 0 Å². The van der Waals surface area contributed by atoms with Crippen molar-refractivity contribution in [2.75, 3.05) is 0 Å². The molecular formula is C87H129N15. The standard InChI is InChI=1S/C16H23N.2C15H22N2.2C14H21N3.C13H20N4/c1-15(2,3)13-8-7-9-14-12(13)10-11-17(14)16(4,5)6;1-14(2,3)12-8-7-9-13-11(12)10-16-17(13)15(4,5)6;1-14(2,3)11-8-7-9-12-13(11)16-10-17(12)15(4,5)6;1-13(2,3)11-7-8-15-12-10(11)9-16-17(12)14(4,5)6;1-13(2,3)10-8-7-9-11-12(10)15-16-17(11)14(4,5)6;1-12(2,3)10-9-7-16-17(13(4,5)6)11(9)15-8-14-10/h7-11H,1-6H3;2*7-10H,1-6H3;2*7-9H,1-6H3;7-8H,1-6H3. The van der Waals surface area contributed by atoms with Gasteiger partial charge in [-0.15, -0.1) is 5.10 Å². The number of pyridine rings is 1. The molecule has 0 bridgehead atoms. The van der Waals surface area contributed by atoms with Crippen LogP contribution in [-0.4, -0.2) is 73.4 Å². The van der Waals surface area contributed by atoms with Crippen molar-refractivity contribution < 1.29 is 0 Å². The fourth-order valence-corrected chi connectivity index (χ4v) is 12.9. The number of para-hydroxylation sites is 1. The minimum absolute atomic E-state index is 0.00688. The summed E-state index contributed by atoms with van der Waals surface area (Å²) in [6.07, 6.45) is 13.5. The summed E-state index contributed by atoms with van der Waals surface area (Å²) in [5.74, 6) is 0. The lowest BCUT2D eigenvalue weighted by atomic mass is 9.85. The smallest absolute Gasteiger partial charge is 0.161 e. The zero-order valence-corrected chi connectivity index (χ0v) is 69.8. The van der Waals surface area contributed by atoms with E-state index in [2.05, 4.69) is 400 Å². The molecule has 0 spiro atoms. The van der Waals surface area contributed by atoms with Gasteiger partial charge < -0.3 is 9.13 Å². The maximum atomic E-state index is 4.61. The average molecular weight is 1390 g/mol. The molecule has 102 heavy (non-hydrogen) atoms. The van der Waals surface area contributed by atoms with Gasteiger partial charge in [-0.05, 0) is 216 Å². The number of hydrogen-bond donors (Lipinski definition) is 0. The van der Waals surface area contributed by atoms with E-state index in [-0.39, 0.29) is 65.7 Å². The highest BCUT2D eigenvalue weighted by Gasteiger charge is 2.30. The first-order valence-electron chi connectivity index (χ1n) is 36.7. The zero-order valence-electron chi connectivity index (χ0n) is 69.8. The van der Waals surface area contributed by atoms with Gasteiger partial charge in [-0.25, -0.2) is 34.0 Å². The third-order valence-electron chi connectivity index (χ3n) is 18.0. The topological polar surface area (TPSA) is 146 Å². The molecule has 0 N–H and O–H groups in total. The molecule has 8 aromatic heterocycles. The van der Waals surface area contributed by atoms with Crippen LogP contribution in [0.4, 0.5) is 0 Å². The first-order valence-corrected chi connectivity index (χ1v) is 36.7. The molecule has 12 rings (SSSR count). The molecule has 0 amide bonds. The van der Waals surface area contributed by atoms with Crippen LogP contribution in [0.25, 0.3) is 65.9 Å². The zero-order chi connectivity index (χ0) is 77.1. The van der Waals surface area contributed by atoms with Crippen molar-refractivity contribution in [3.8, 4) is 0 Å². The molecule has 0 aliphatic carbocycles. The van der Waals surface area contributed by atoms with E-state index < -0.39 is 0 Å². The van der Waals surface area contributed by atoms with Gasteiger partial charge in [-0.3, -0.25) is 4.68 Å². The van der Waals surface area contributed by atoms with E-state index in [1.54, 1.807) is 6.33 Å². The van der Waals surface area contributed by atoms with Gasteiger partial charge in [0.05, 0.1) is 80.2 Å². The van der Waals surface area contributed by atoms with Crippen molar-refractivity contribution in [1.82, 2.24) is 73.4 Å². The van der Waals surface area contributed by atoms with Crippen LogP contribution in [0.2, 0.25) is 0 Å². The van der Waals surface area contributed by atoms with Gasteiger partial charge in [0.1, 0.15) is 11.8 Å². The molecule has 0 radical (unpaired) electrons. The third kappa shape index (κ3) is 18.6. The number of benzene rings is 4. The van der Waals surface area contributed by atoms with Crippen molar-refractivity contribution in [1.29, 1.82) is 0 Å². The molecule has 12 aromatic rings. The molecule has 15 heteroatoms. The molecule has 0 saturated heterocycles. The summed E-state index contributed by atoms with van der Waals surface area (Å²) in [5, 5.41) is 27.0. The molecule has 0 atom stereocenters. The second kappa shape index (κ2) is 28.5. The number of hydrogen-bond acceptors (Lipinski definition) is 9. The number of aromatic nitrogens is 15. The molecule has 4 aromatic carbocycles. The van der Waals surface area contributed by atoms with E-state index in [0.717, 1.165) is 44.3 Å². The highest BCUT2D eigenvalue weighted by molar-refractivity contribution is 5.86. The van der Waals surface area contributed by atoms with E-state index in [1.165, 1.54) is 55.1 Å². The predicted octanol–water partition coefficient (Wildman–Crippen LogP) is 22.7. The lowest BCUT2D eigenvalue weighted by molar-refractivity contribution is 0.358. The monoisotopic (exact) mass is 1380 g/mol. The van der Waals surface area contributed by atoms with E-state index in [0.29, 0.717) is 0 Å². The van der Waals surface area contributed by atoms with E-state index in [1.807, 2.05) is 45.2 Å². The summed E-state index contributed by atoms with van der Waals surface area (Å²) < 4.78 is 12.7. The summed E-state index contributed by atoms with van der Waals surface area (Å²) in [6, 6.07) is 30.3. The Kier molecular flexibility index (Phi) is 22.7. The fourth-order valence-electron chi connectivity index (χ4n) is 12.9. The molecule has 552 valence electrons. The lowest BCUT2D eigenvalue weighted by Crippen LogP contribution is -2.23. The molecule has 0 unspecified atom stereocenters.